The van der Waals surface area contributed by atoms with Crippen LogP contribution >= 0.6 is 0 Å². The number of benzene rings is 1. The lowest BCUT2D eigenvalue weighted by molar-refractivity contribution is -0.134. The SMILES string of the molecule is CC1(C2CC2)NC(=O)N(CC(=O)Nc2ccccc2C(=O)NC2CCCC2)C1=O. The van der Waals surface area contributed by atoms with E-state index in [0.717, 1.165) is 43.4 Å². The molecule has 3 aliphatic rings. The third kappa shape index (κ3) is 3.83. The molecule has 8 heteroatoms. The highest BCUT2D eigenvalue weighted by Gasteiger charge is 2.56. The van der Waals surface area contributed by atoms with Gasteiger partial charge in [0.2, 0.25) is 5.91 Å². The Hall–Kier alpha value is -2.90. The number of nitrogens with one attached hydrogen (secondary N) is 3. The Morgan fingerprint density at radius 2 is 1.83 bits per heavy atom. The average Bonchev–Trinajstić information content (AvgIpc) is 3.39. The summed E-state index contributed by atoms with van der Waals surface area (Å²) in [5, 5.41) is 8.41. The Balaban J connectivity index is 1.42. The number of imide groups is 1. The van der Waals surface area contributed by atoms with E-state index in [1.54, 1.807) is 31.2 Å². The van der Waals surface area contributed by atoms with Crippen molar-refractivity contribution in [2.24, 2.45) is 5.92 Å². The quantitative estimate of drug-likeness (QED) is 0.637. The first-order chi connectivity index (χ1) is 13.9. The minimum atomic E-state index is -0.920. The molecule has 4 rings (SSSR count). The maximum Gasteiger partial charge on any atom is 0.325 e. The number of hydrogen-bond donors (Lipinski definition) is 3. The minimum absolute atomic E-state index is 0.132. The summed E-state index contributed by atoms with van der Waals surface area (Å²) in [4.78, 5) is 51.1. The van der Waals surface area contributed by atoms with Gasteiger partial charge in [-0.1, -0.05) is 25.0 Å². The van der Waals surface area contributed by atoms with Crippen LogP contribution in [-0.2, 0) is 9.59 Å². The largest absolute Gasteiger partial charge is 0.349 e. The third-order valence-electron chi connectivity index (χ3n) is 6.13. The number of amides is 5. The lowest BCUT2D eigenvalue weighted by Gasteiger charge is -2.21. The minimum Gasteiger partial charge on any atom is -0.349 e. The van der Waals surface area contributed by atoms with E-state index < -0.39 is 17.5 Å². The Morgan fingerprint density at radius 3 is 2.52 bits per heavy atom. The summed E-state index contributed by atoms with van der Waals surface area (Å²) in [5.74, 6) is -0.988. The van der Waals surface area contributed by atoms with Crippen molar-refractivity contribution in [1.29, 1.82) is 0 Å². The van der Waals surface area contributed by atoms with Crippen molar-refractivity contribution in [1.82, 2.24) is 15.5 Å². The van der Waals surface area contributed by atoms with E-state index >= 15 is 0 Å². The molecule has 5 amide bonds. The summed E-state index contributed by atoms with van der Waals surface area (Å²) in [6.07, 6.45) is 5.93. The second kappa shape index (κ2) is 7.50. The van der Waals surface area contributed by atoms with Crippen LogP contribution in [0.25, 0.3) is 0 Å². The van der Waals surface area contributed by atoms with Crippen molar-refractivity contribution in [3.8, 4) is 0 Å². The van der Waals surface area contributed by atoms with Gasteiger partial charge in [-0.25, -0.2) is 4.79 Å². The normalized spacial score (nSPS) is 24.5. The number of nitrogens with zero attached hydrogens (tertiary/aromatic N) is 1. The second-order valence-electron chi connectivity index (χ2n) is 8.35. The summed E-state index contributed by atoms with van der Waals surface area (Å²) >= 11 is 0. The predicted octanol–water partition coefficient (Wildman–Crippen LogP) is 2.02. The molecule has 1 aliphatic heterocycles. The molecule has 154 valence electrons. The molecule has 0 radical (unpaired) electrons. The fraction of sp³-hybridized carbons (Fsp3) is 0.524. The molecule has 1 heterocycles. The van der Waals surface area contributed by atoms with Gasteiger partial charge in [-0.05, 0) is 50.7 Å². The number of carbonyl (C=O) groups is 4. The van der Waals surface area contributed by atoms with E-state index in [4.69, 9.17) is 0 Å². The summed E-state index contributed by atoms with van der Waals surface area (Å²) in [7, 11) is 0. The molecule has 1 atom stereocenters. The fourth-order valence-electron chi connectivity index (χ4n) is 4.25. The van der Waals surface area contributed by atoms with Gasteiger partial charge in [0.25, 0.3) is 11.8 Å². The van der Waals surface area contributed by atoms with Crippen molar-refractivity contribution < 1.29 is 19.2 Å². The van der Waals surface area contributed by atoms with Crippen LogP contribution < -0.4 is 16.0 Å². The predicted molar refractivity (Wildman–Crippen MR) is 106 cm³/mol. The van der Waals surface area contributed by atoms with Gasteiger partial charge >= 0.3 is 6.03 Å². The standard InChI is InChI=1S/C21H26N4O4/c1-21(13-10-11-13)19(28)25(20(29)24-21)12-17(26)23-16-9-5-4-8-15(16)18(27)22-14-6-2-3-7-14/h4-5,8-9,13-14H,2-3,6-7,10-12H2,1H3,(H,22,27)(H,23,26)(H,24,29). The van der Waals surface area contributed by atoms with E-state index in [1.807, 2.05) is 0 Å². The Kier molecular flexibility index (Phi) is 5.02. The lowest BCUT2D eigenvalue weighted by Crippen LogP contribution is -2.46. The van der Waals surface area contributed by atoms with Gasteiger partial charge in [-0.2, -0.15) is 0 Å². The molecule has 0 spiro atoms. The number of urea groups is 1. The van der Waals surface area contributed by atoms with Crippen molar-refractivity contribution in [2.45, 2.75) is 57.0 Å². The van der Waals surface area contributed by atoms with Crippen LogP contribution in [0.15, 0.2) is 24.3 Å². The van der Waals surface area contributed by atoms with Crippen LogP contribution in [0.2, 0.25) is 0 Å². The van der Waals surface area contributed by atoms with Gasteiger partial charge in [0.15, 0.2) is 0 Å². The van der Waals surface area contributed by atoms with E-state index in [-0.39, 0.29) is 30.3 Å². The van der Waals surface area contributed by atoms with Crippen LogP contribution in [0.4, 0.5) is 10.5 Å². The summed E-state index contributed by atoms with van der Waals surface area (Å²) in [5.41, 5.74) is -0.186. The monoisotopic (exact) mass is 398 g/mol. The highest BCUT2D eigenvalue weighted by molar-refractivity contribution is 6.11. The Bertz CT molecular complexity index is 860. The lowest BCUT2D eigenvalue weighted by atomic mass is 9.96. The highest BCUT2D eigenvalue weighted by atomic mass is 16.2. The smallest absolute Gasteiger partial charge is 0.325 e. The molecule has 2 aliphatic carbocycles. The maximum absolute atomic E-state index is 12.7. The fourth-order valence-corrected chi connectivity index (χ4v) is 4.25. The number of carbonyl (C=O) groups excluding carboxylic acids is 4. The average molecular weight is 398 g/mol. The molecule has 2 saturated carbocycles. The topological polar surface area (TPSA) is 108 Å². The molecule has 0 bridgehead atoms. The maximum atomic E-state index is 12.7. The van der Waals surface area contributed by atoms with E-state index in [2.05, 4.69) is 16.0 Å². The zero-order valence-electron chi connectivity index (χ0n) is 16.5. The molecule has 29 heavy (non-hydrogen) atoms. The van der Waals surface area contributed by atoms with E-state index in [9.17, 15) is 19.2 Å². The number of para-hydroxylation sites is 1. The van der Waals surface area contributed by atoms with Gasteiger partial charge in [-0.3, -0.25) is 19.3 Å². The molecule has 0 aromatic heterocycles. The van der Waals surface area contributed by atoms with Crippen LogP contribution in [0.1, 0.15) is 55.8 Å². The molecule has 3 N–H and O–H groups in total. The van der Waals surface area contributed by atoms with Gasteiger partial charge < -0.3 is 16.0 Å². The molecule has 1 aromatic rings. The van der Waals surface area contributed by atoms with Crippen LogP contribution in [-0.4, -0.2) is 46.8 Å². The summed E-state index contributed by atoms with van der Waals surface area (Å²) in [6.45, 7) is 1.33. The molecule has 8 nitrogen and oxygen atoms in total. The van der Waals surface area contributed by atoms with Gasteiger partial charge in [0, 0.05) is 6.04 Å². The molecule has 3 fully saturated rings. The number of anilines is 1. The van der Waals surface area contributed by atoms with Gasteiger partial charge in [0.05, 0.1) is 11.3 Å². The zero-order chi connectivity index (χ0) is 20.6. The molecule has 1 saturated heterocycles. The van der Waals surface area contributed by atoms with Gasteiger partial charge in [-0.15, -0.1) is 0 Å². The summed E-state index contributed by atoms with van der Waals surface area (Å²) < 4.78 is 0. The van der Waals surface area contributed by atoms with E-state index in [0.29, 0.717) is 11.3 Å². The molecule has 1 aromatic carbocycles. The Morgan fingerprint density at radius 1 is 1.14 bits per heavy atom. The molecule has 1 unspecified atom stereocenters. The van der Waals surface area contributed by atoms with Crippen molar-refractivity contribution in [3.05, 3.63) is 29.8 Å². The Labute approximate surface area is 169 Å². The molecular formula is C21H26N4O4. The highest BCUT2D eigenvalue weighted by Crippen LogP contribution is 2.42. The van der Waals surface area contributed by atoms with Crippen molar-refractivity contribution in [2.75, 3.05) is 11.9 Å². The third-order valence-corrected chi connectivity index (χ3v) is 6.13. The molecular weight excluding hydrogens is 372 g/mol. The van der Waals surface area contributed by atoms with Crippen molar-refractivity contribution >= 4 is 29.4 Å². The first-order valence-corrected chi connectivity index (χ1v) is 10.2. The van der Waals surface area contributed by atoms with Crippen LogP contribution in [0.3, 0.4) is 0 Å². The van der Waals surface area contributed by atoms with Crippen LogP contribution in [0, 0.1) is 5.92 Å². The summed E-state index contributed by atoms with van der Waals surface area (Å²) in [6, 6.07) is 6.36. The van der Waals surface area contributed by atoms with Crippen LogP contribution in [0.5, 0.6) is 0 Å². The first-order valence-electron chi connectivity index (χ1n) is 10.2. The van der Waals surface area contributed by atoms with Crippen molar-refractivity contribution in [3.63, 3.8) is 0 Å². The number of rotatable bonds is 6. The second-order valence-corrected chi connectivity index (χ2v) is 8.35. The van der Waals surface area contributed by atoms with E-state index in [1.165, 1.54) is 0 Å². The van der Waals surface area contributed by atoms with Gasteiger partial charge in [0.1, 0.15) is 12.1 Å². The zero-order valence-corrected chi connectivity index (χ0v) is 16.5. The first kappa shape index (κ1) is 19.4. The number of hydrogen-bond acceptors (Lipinski definition) is 4.